The first kappa shape index (κ1) is 25.3. The summed E-state index contributed by atoms with van der Waals surface area (Å²) >= 11 is 0. The van der Waals surface area contributed by atoms with Crippen molar-refractivity contribution in [1.82, 2.24) is 9.97 Å². The number of furan rings is 1. The molecule has 7 aromatic rings. The van der Waals surface area contributed by atoms with Gasteiger partial charge < -0.3 is 14.4 Å². The van der Waals surface area contributed by atoms with Gasteiger partial charge in [-0.15, -0.1) is 54.1 Å². The van der Waals surface area contributed by atoms with E-state index >= 15 is 0 Å². The van der Waals surface area contributed by atoms with E-state index in [1.807, 2.05) is 72.9 Å². The monoisotopic (exact) mass is 782 g/mol. The van der Waals surface area contributed by atoms with Crippen molar-refractivity contribution in [3.8, 4) is 39.7 Å². The second kappa shape index (κ2) is 13.6. The van der Waals surface area contributed by atoms with E-state index in [1.54, 1.807) is 12.1 Å². The molecule has 0 atom stereocenters. The van der Waals surface area contributed by atoms with Crippen molar-refractivity contribution in [2.75, 3.05) is 0 Å². The van der Waals surface area contributed by atoms with Gasteiger partial charge in [0.25, 0.3) is 0 Å². The van der Waals surface area contributed by atoms with E-state index in [2.05, 4.69) is 61.1 Å². The quantitative estimate of drug-likeness (QED) is 0.168. The van der Waals surface area contributed by atoms with Crippen molar-refractivity contribution >= 4 is 21.9 Å². The fraction of sp³-hybridized carbons (Fsp3) is 0.146. The molecule has 4 aromatic carbocycles. The summed E-state index contributed by atoms with van der Waals surface area (Å²) in [7, 11) is 0. The first-order valence-corrected chi connectivity index (χ1v) is 14.5. The van der Waals surface area contributed by atoms with Gasteiger partial charge in [0.2, 0.25) is 0 Å². The number of rotatable bonds is 3. The smallest absolute Gasteiger partial charge is 0.130 e. The molecule has 229 valence electrons. The summed E-state index contributed by atoms with van der Waals surface area (Å²) in [5, 5.41) is 11.3. The molecule has 0 spiro atoms. The molecule has 3 heterocycles. The van der Waals surface area contributed by atoms with Gasteiger partial charge in [0, 0.05) is 51.7 Å². The Bertz CT molecular complexity index is 2370. The number of hydrogen-bond donors (Lipinski definition) is 0. The van der Waals surface area contributed by atoms with E-state index in [0.717, 1.165) is 33.8 Å². The van der Waals surface area contributed by atoms with Crippen LogP contribution in [0.15, 0.2) is 114 Å². The van der Waals surface area contributed by atoms with Crippen LogP contribution in [0.25, 0.3) is 55.6 Å². The Kier molecular flexibility index (Phi) is 7.50. The van der Waals surface area contributed by atoms with Crippen LogP contribution in [-0.4, -0.2) is 9.97 Å². The molecule has 46 heavy (non-hydrogen) atoms. The Hall–Kier alpha value is -4.88. The number of hydrogen-bond acceptors (Lipinski definition) is 4. The van der Waals surface area contributed by atoms with Crippen LogP contribution in [-0.2, 0) is 25.5 Å². The van der Waals surface area contributed by atoms with Crippen molar-refractivity contribution in [1.29, 1.82) is 5.26 Å². The maximum absolute atomic E-state index is 9.74. The van der Waals surface area contributed by atoms with Crippen LogP contribution in [0.2, 0.25) is 0 Å². The molecule has 0 amide bonds. The van der Waals surface area contributed by atoms with Crippen molar-refractivity contribution in [2.24, 2.45) is 0 Å². The molecule has 0 fully saturated rings. The zero-order valence-electron chi connectivity index (χ0n) is 31.5. The van der Waals surface area contributed by atoms with Crippen molar-refractivity contribution in [3.05, 3.63) is 144 Å². The molecule has 0 bridgehead atoms. The van der Waals surface area contributed by atoms with Crippen molar-refractivity contribution in [2.45, 2.75) is 39.9 Å². The van der Waals surface area contributed by atoms with E-state index < -0.39 is 13.7 Å². The standard InChI is InChI=1S/C26H17N2O.C15H16N.Ir/c1-16-13-23(28-15-17(16)2)22-10-6-9-20-21-12-11-19(14-27)24(26(21)29-25(20)22)18-7-4-3-5-8-18;1-15(2,3)13-9-10-14(16-11-13)12-7-5-4-6-8-12;/h3-9,11-13,15H,1-2H3;4-7,9-11H,1-3H3;/q2*-1;/i1D3,2D3;;. The molecule has 0 aliphatic rings. The molecule has 0 aliphatic carbocycles. The van der Waals surface area contributed by atoms with Gasteiger partial charge in [0.05, 0.1) is 17.2 Å². The summed E-state index contributed by atoms with van der Waals surface area (Å²) in [6, 6.07) is 38.4. The SMILES string of the molecule is CC(C)(C)c1ccc(-c2[c-]cccc2)nc1.[2H]C([2H])([2H])c1cnc(-c2[c-]ccc3c2oc2c(-c4ccccc4)c(C#N)ccc23)cc1C([2H])([2H])[2H].[Ir]. The topological polar surface area (TPSA) is 62.7 Å². The molecule has 0 unspecified atom stereocenters. The van der Waals surface area contributed by atoms with Crippen LogP contribution in [0.5, 0.6) is 0 Å². The van der Waals surface area contributed by atoms with Crippen LogP contribution >= 0.6 is 0 Å². The predicted octanol–water partition coefficient (Wildman–Crippen LogP) is 10.4. The third-order valence-electron chi connectivity index (χ3n) is 7.56. The minimum atomic E-state index is -2.65. The van der Waals surface area contributed by atoms with Crippen LogP contribution in [0, 0.1) is 37.2 Å². The Morgan fingerprint density at radius 2 is 1.52 bits per heavy atom. The summed E-state index contributed by atoms with van der Waals surface area (Å²) in [5.41, 5.74) is 6.33. The Balaban J connectivity index is 0.000000258. The van der Waals surface area contributed by atoms with Crippen LogP contribution in [0.3, 0.4) is 0 Å². The molecule has 0 saturated carbocycles. The zero-order valence-corrected chi connectivity index (χ0v) is 27.9. The maximum atomic E-state index is 9.74. The molecule has 5 heteroatoms. The van der Waals surface area contributed by atoms with Gasteiger partial charge in [-0.05, 0) is 53.3 Å². The molecule has 1 radical (unpaired) electrons. The molecule has 4 nitrogen and oxygen atoms in total. The van der Waals surface area contributed by atoms with E-state index in [4.69, 9.17) is 12.6 Å². The summed E-state index contributed by atoms with van der Waals surface area (Å²) in [6.45, 7) is 1.31. The molecule has 7 rings (SSSR count). The minimum absolute atomic E-state index is 0. The maximum Gasteiger partial charge on any atom is 0.130 e. The second-order valence-electron chi connectivity index (χ2n) is 11.6. The Labute approximate surface area is 292 Å². The van der Waals surface area contributed by atoms with Gasteiger partial charge in [-0.3, -0.25) is 0 Å². The molecule has 0 N–H and O–H groups in total. The minimum Gasteiger partial charge on any atom is -0.500 e. The average molecular weight is 782 g/mol. The van der Waals surface area contributed by atoms with Crippen LogP contribution in [0.1, 0.15) is 51.2 Å². The number of benzene rings is 4. The Morgan fingerprint density at radius 1 is 0.761 bits per heavy atom. The van der Waals surface area contributed by atoms with E-state index in [0.29, 0.717) is 27.9 Å². The number of fused-ring (bicyclic) bond motifs is 3. The van der Waals surface area contributed by atoms with Gasteiger partial charge in [-0.1, -0.05) is 91.9 Å². The van der Waals surface area contributed by atoms with E-state index in [-0.39, 0.29) is 42.3 Å². The number of nitrogens with zero attached hydrogens (tertiary/aromatic N) is 3. The number of pyridine rings is 2. The van der Waals surface area contributed by atoms with Gasteiger partial charge in [-0.2, -0.15) is 5.26 Å². The number of aryl methyl sites for hydroxylation is 2. The third kappa shape index (κ3) is 6.56. The van der Waals surface area contributed by atoms with Crippen molar-refractivity contribution in [3.63, 3.8) is 0 Å². The van der Waals surface area contributed by atoms with E-state index in [9.17, 15) is 5.26 Å². The van der Waals surface area contributed by atoms with E-state index in [1.165, 1.54) is 11.6 Å². The fourth-order valence-electron chi connectivity index (χ4n) is 5.12. The van der Waals surface area contributed by atoms with Gasteiger partial charge in [0.15, 0.2) is 0 Å². The van der Waals surface area contributed by atoms with Gasteiger partial charge >= 0.3 is 0 Å². The average Bonchev–Trinajstić information content (AvgIpc) is 3.50. The van der Waals surface area contributed by atoms with Crippen molar-refractivity contribution < 1.29 is 32.7 Å². The molecular weight excluding hydrogens is 743 g/mol. The summed E-state index contributed by atoms with van der Waals surface area (Å²) < 4.78 is 53.0. The summed E-state index contributed by atoms with van der Waals surface area (Å²) in [6.07, 6.45) is 3.04. The zero-order chi connectivity index (χ0) is 36.6. The molecule has 3 aromatic heterocycles. The predicted molar refractivity (Wildman–Crippen MR) is 183 cm³/mol. The molecule has 0 saturated heterocycles. The molecule has 0 aliphatic heterocycles. The van der Waals surface area contributed by atoms with Crippen LogP contribution < -0.4 is 0 Å². The van der Waals surface area contributed by atoms with Gasteiger partial charge in [0.1, 0.15) is 5.58 Å². The first-order chi connectivity index (χ1) is 24.2. The summed E-state index contributed by atoms with van der Waals surface area (Å²) in [5.74, 6) is 0. The molecular formula is C41H33IrN3O-2. The normalized spacial score (nSPS) is 13.4. The number of aromatic nitrogens is 2. The number of nitriles is 1. The second-order valence-corrected chi connectivity index (χ2v) is 11.6. The van der Waals surface area contributed by atoms with Gasteiger partial charge in [-0.25, -0.2) is 0 Å². The fourth-order valence-corrected chi connectivity index (χ4v) is 5.12. The third-order valence-corrected chi connectivity index (χ3v) is 7.56. The first-order valence-electron chi connectivity index (χ1n) is 17.5. The summed E-state index contributed by atoms with van der Waals surface area (Å²) in [4.78, 5) is 8.75. The van der Waals surface area contributed by atoms with Crippen LogP contribution in [0.4, 0.5) is 0 Å². The Morgan fingerprint density at radius 3 is 2.20 bits per heavy atom. The largest absolute Gasteiger partial charge is 0.500 e.